The van der Waals surface area contributed by atoms with Crippen molar-refractivity contribution in [2.75, 3.05) is 0 Å². The molecule has 2 aliphatic heterocycles. The molecule has 2 aromatic heterocycles. The van der Waals surface area contributed by atoms with Crippen LogP contribution in [0.15, 0.2) is 24.7 Å². The summed E-state index contributed by atoms with van der Waals surface area (Å²) in [6.45, 7) is 0. The van der Waals surface area contributed by atoms with E-state index in [1.54, 1.807) is 12.4 Å². The number of rotatable bonds is 2. The van der Waals surface area contributed by atoms with E-state index in [4.69, 9.17) is 6.42 Å². The van der Waals surface area contributed by atoms with E-state index in [2.05, 4.69) is 21.5 Å². The van der Waals surface area contributed by atoms with E-state index in [0.717, 1.165) is 23.9 Å². The molecule has 106 valence electrons. The number of hydrogen-bond acceptors (Lipinski definition) is 3. The fraction of sp³-hybridized carbons (Fsp3) is 0.375. The van der Waals surface area contributed by atoms with Crippen molar-refractivity contribution in [2.45, 2.75) is 37.4 Å². The number of nitrogens with zero attached hydrogens (tertiary/aromatic N) is 2. The Kier molecular flexibility index (Phi) is 2.72. The highest BCUT2D eigenvalue weighted by atomic mass is 16.2. The zero-order chi connectivity index (χ0) is 14.4. The van der Waals surface area contributed by atoms with Gasteiger partial charge in [0, 0.05) is 36.1 Å². The zero-order valence-electron chi connectivity index (χ0n) is 11.5. The minimum absolute atomic E-state index is 0.118. The van der Waals surface area contributed by atoms with Gasteiger partial charge in [0.15, 0.2) is 0 Å². The lowest BCUT2D eigenvalue weighted by Crippen LogP contribution is -2.43. The fourth-order valence-corrected chi connectivity index (χ4v) is 3.43. The van der Waals surface area contributed by atoms with Crippen LogP contribution in [0.4, 0.5) is 0 Å². The SMILES string of the molecule is C#Cc1cc2cnc(C(=O)N[C@@H]3C[C@H]4CC[C@@H]3N4)cn2c1. The highest BCUT2D eigenvalue weighted by Crippen LogP contribution is 2.28. The molecule has 2 aromatic rings. The maximum absolute atomic E-state index is 12.3. The summed E-state index contributed by atoms with van der Waals surface area (Å²) in [5, 5.41) is 6.61. The van der Waals surface area contributed by atoms with E-state index < -0.39 is 0 Å². The first-order valence-electron chi connectivity index (χ1n) is 7.24. The highest BCUT2D eigenvalue weighted by molar-refractivity contribution is 5.92. The van der Waals surface area contributed by atoms with Gasteiger partial charge in [-0.15, -0.1) is 6.42 Å². The van der Waals surface area contributed by atoms with Crippen LogP contribution in [0.3, 0.4) is 0 Å². The molecule has 3 atom stereocenters. The molecule has 2 N–H and O–H groups in total. The van der Waals surface area contributed by atoms with Gasteiger partial charge in [-0.05, 0) is 25.3 Å². The monoisotopic (exact) mass is 280 g/mol. The largest absolute Gasteiger partial charge is 0.346 e. The van der Waals surface area contributed by atoms with Crippen molar-refractivity contribution in [2.24, 2.45) is 0 Å². The Bertz CT molecular complexity index is 757. The van der Waals surface area contributed by atoms with Crippen LogP contribution in [-0.4, -0.2) is 33.4 Å². The van der Waals surface area contributed by atoms with Crippen LogP contribution in [0, 0.1) is 12.3 Å². The predicted molar refractivity (Wildman–Crippen MR) is 78.9 cm³/mol. The summed E-state index contributed by atoms with van der Waals surface area (Å²) in [4.78, 5) is 16.6. The molecule has 0 unspecified atom stereocenters. The zero-order valence-corrected chi connectivity index (χ0v) is 11.5. The van der Waals surface area contributed by atoms with Gasteiger partial charge in [-0.1, -0.05) is 5.92 Å². The standard InChI is InChI=1S/C16H16N4O/c1-2-10-5-12-7-17-15(9-20(12)8-10)16(21)19-14-6-11-3-4-13(14)18-11/h1,5,7-9,11,13-14,18H,3-4,6H2,(H,19,21)/t11-,13+,14-/m1/s1. The first kappa shape index (κ1) is 12.4. The van der Waals surface area contributed by atoms with Crippen LogP contribution >= 0.6 is 0 Å². The quantitative estimate of drug-likeness (QED) is 0.805. The number of hydrogen-bond donors (Lipinski definition) is 2. The molecule has 0 aromatic carbocycles. The summed E-state index contributed by atoms with van der Waals surface area (Å²) in [5.74, 6) is 2.47. The Morgan fingerprint density at radius 3 is 3.10 bits per heavy atom. The number of fused-ring (bicyclic) bond motifs is 3. The third-order valence-electron chi connectivity index (χ3n) is 4.49. The predicted octanol–water partition coefficient (Wildman–Crippen LogP) is 0.938. The Balaban J connectivity index is 1.55. The van der Waals surface area contributed by atoms with E-state index in [9.17, 15) is 4.79 Å². The molecule has 0 radical (unpaired) electrons. The lowest BCUT2D eigenvalue weighted by Gasteiger charge is -2.21. The van der Waals surface area contributed by atoms with Crippen molar-refractivity contribution in [1.82, 2.24) is 20.0 Å². The third kappa shape index (κ3) is 2.08. The average Bonchev–Trinajstić information content (AvgIpc) is 3.20. The second-order valence-electron chi connectivity index (χ2n) is 5.84. The number of terminal acetylenes is 1. The van der Waals surface area contributed by atoms with E-state index in [-0.39, 0.29) is 11.9 Å². The van der Waals surface area contributed by atoms with Gasteiger partial charge in [-0.2, -0.15) is 0 Å². The second-order valence-corrected chi connectivity index (χ2v) is 5.84. The van der Waals surface area contributed by atoms with Crippen LogP contribution in [0.25, 0.3) is 5.52 Å². The molecule has 5 heteroatoms. The van der Waals surface area contributed by atoms with E-state index >= 15 is 0 Å². The van der Waals surface area contributed by atoms with E-state index in [1.807, 2.05) is 16.7 Å². The number of nitrogens with one attached hydrogen (secondary N) is 2. The molecule has 2 aliphatic rings. The molecular formula is C16H16N4O. The average molecular weight is 280 g/mol. The smallest absolute Gasteiger partial charge is 0.271 e. The second kappa shape index (κ2) is 4.61. The summed E-state index contributed by atoms with van der Waals surface area (Å²) in [5.41, 5.74) is 2.09. The van der Waals surface area contributed by atoms with Gasteiger partial charge in [0.2, 0.25) is 0 Å². The highest BCUT2D eigenvalue weighted by Gasteiger charge is 2.39. The molecule has 0 saturated carbocycles. The van der Waals surface area contributed by atoms with Gasteiger partial charge in [0.1, 0.15) is 5.69 Å². The fourth-order valence-electron chi connectivity index (χ4n) is 3.43. The van der Waals surface area contributed by atoms with Crippen molar-refractivity contribution >= 4 is 11.4 Å². The lowest BCUT2D eigenvalue weighted by molar-refractivity contribution is 0.0925. The topological polar surface area (TPSA) is 58.4 Å². The van der Waals surface area contributed by atoms with Gasteiger partial charge in [0.05, 0.1) is 11.7 Å². The lowest BCUT2D eigenvalue weighted by atomic mass is 9.95. The molecule has 4 heterocycles. The molecule has 0 spiro atoms. The van der Waals surface area contributed by atoms with Gasteiger partial charge >= 0.3 is 0 Å². The van der Waals surface area contributed by atoms with Crippen molar-refractivity contribution < 1.29 is 4.79 Å². The number of carbonyl (C=O) groups excluding carboxylic acids is 1. The van der Waals surface area contributed by atoms with Crippen LogP contribution in [0.2, 0.25) is 0 Å². The van der Waals surface area contributed by atoms with Gasteiger partial charge in [-0.3, -0.25) is 4.79 Å². The molecule has 5 nitrogen and oxygen atoms in total. The summed E-state index contributed by atoms with van der Waals surface area (Å²) in [7, 11) is 0. The molecule has 21 heavy (non-hydrogen) atoms. The van der Waals surface area contributed by atoms with Crippen molar-refractivity contribution in [1.29, 1.82) is 0 Å². The molecule has 1 amide bonds. The molecule has 4 rings (SSSR count). The maximum Gasteiger partial charge on any atom is 0.271 e. The number of aromatic nitrogens is 2. The Hall–Kier alpha value is -2.32. The summed E-state index contributed by atoms with van der Waals surface area (Å²) < 4.78 is 1.84. The van der Waals surface area contributed by atoms with Crippen LogP contribution in [0.1, 0.15) is 35.3 Å². The van der Waals surface area contributed by atoms with Gasteiger partial charge in [-0.25, -0.2) is 4.98 Å². The minimum atomic E-state index is -0.118. The molecule has 0 aliphatic carbocycles. The number of amides is 1. The first-order chi connectivity index (χ1) is 10.2. The summed E-state index contributed by atoms with van der Waals surface area (Å²) >= 11 is 0. The first-order valence-corrected chi connectivity index (χ1v) is 7.24. The van der Waals surface area contributed by atoms with Gasteiger partial charge in [0.25, 0.3) is 5.91 Å². The maximum atomic E-state index is 12.3. The van der Waals surface area contributed by atoms with Crippen LogP contribution < -0.4 is 10.6 Å². The Labute approximate surface area is 122 Å². The molecule has 2 fully saturated rings. The Morgan fingerprint density at radius 2 is 2.38 bits per heavy atom. The third-order valence-corrected chi connectivity index (χ3v) is 4.49. The van der Waals surface area contributed by atoms with E-state index in [1.165, 1.54) is 6.42 Å². The van der Waals surface area contributed by atoms with Crippen LogP contribution in [0.5, 0.6) is 0 Å². The van der Waals surface area contributed by atoms with Crippen LogP contribution in [-0.2, 0) is 0 Å². The van der Waals surface area contributed by atoms with Crippen molar-refractivity contribution in [3.8, 4) is 12.3 Å². The minimum Gasteiger partial charge on any atom is -0.346 e. The van der Waals surface area contributed by atoms with Crippen molar-refractivity contribution in [3.05, 3.63) is 35.9 Å². The van der Waals surface area contributed by atoms with Crippen molar-refractivity contribution in [3.63, 3.8) is 0 Å². The normalized spacial score (nSPS) is 26.9. The number of carbonyl (C=O) groups is 1. The molecule has 2 bridgehead atoms. The Morgan fingerprint density at radius 1 is 1.48 bits per heavy atom. The summed E-state index contributed by atoms with van der Waals surface area (Å²) in [6.07, 6.45) is 14.0. The molecule has 2 saturated heterocycles. The van der Waals surface area contributed by atoms with Gasteiger partial charge < -0.3 is 15.0 Å². The molecular weight excluding hydrogens is 264 g/mol. The van der Waals surface area contributed by atoms with E-state index in [0.29, 0.717) is 17.8 Å². The summed E-state index contributed by atoms with van der Waals surface area (Å²) in [6, 6.07) is 3.08.